The molecule has 0 saturated heterocycles. The monoisotopic (exact) mass is 198 g/mol. The minimum atomic E-state index is 0.469. The number of aromatic nitrogens is 2. The largest absolute Gasteiger partial charge is 0.241 e. The van der Waals surface area contributed by atoms with E-state index in [-0.39, 0.29) is 0 Å². The van der Waals surface area contributed by atoms with E-state index in [1.165, 1.54) is 0 Å². The lowest BCUT2D eigenvalue weighted by Crippen LogP contribution is -2.00. The molecule has 0 N–H and O–H groups in total. The Labute approximate surface area is 84.4 Å². The zero-order chi connectivity index (χ0) is 9.68. The molecule has 0 unspecified atom stereocenters. The highest BCUT2D eigenvalue weighted by atomic mass is 35.5. The standard InChI is InChI=1S/C10H15ClN2/c1-8(2)3-4-10-12-6-5-9(7-11)13-10/h5-6,8H,3-4,7H2,1-2H3. The first kappa shape index (κ1) is 10.5. The van der Waals surface area contributed by atoms with Gasteiger partial charge in [-0.25, -0.2) is 9.97 Å². The van der Waals surface area contributed by atoms with Gasteiger partial charge < -0.3 is 0 Å². The van der Waals surface area contributed by atoms with E-state index in [4.69, 9.17) is 11.6 Å². The highest BCUT2D eigenvalue weighted by Gasteiger charge is 2.00. The number of nitrogens with zero attached hydrogens (tertiary/aromatic N) is 2. The van der Waals surface area contributed by atoms with Gasteiger partial charge in [-0.15, -0.1) is 11.6 Å². The van der Waals surface area contributed by atoms with Gasteiger partial charge in [0.25, 0.3) is 0 Å². The van der Waals surface area contributed by atoms with Gasteiger partial charge in [0.1, 0.15) is 5.82 Å². The van der Waals surface area contributed by atoms with Crippen LogP contribution < -0.4 is 0 Å². The third kappa shape index (κ3) is 3.73. The Bertz CT molecular complexity index is 261. The normalized spacial score (nSPS) is 10.8. The SMILES string of the molecule is CC(C)CCc1nccc(CCl)n1. The number of rotatable bonds is 4. The molecule has 0 bridgehead atoms. The van der Waals surface area contributed by atoms with Crippen molar-refractivity contribution in [3.05, 3.63) is 23.8 Å². The van der Waals surface area contributed by atoms with E-state index >= 15 is 0 Å². The van der Waals surface area contributed by atoms with Crippen molar-refractivity contribution in [1.82, 2.24) is 9.97 Å². The van der Waals surface area contributed by atoms with Gasteiger partial charge in [-0.1, -0.05) is 13.8 Å². The maximum absolute atomic E-state index is 5.67. The molecule has 0 fully saturated rings. The van der Waals surface area contributed by atoms with Crippen molar-refractivity contribution in [3.8, 4) is 0 Å². The molecule has 1 heterocycles. The molecule has 72 valence electrons. The topological polar surface area (TPSA) is 25.8 Å². The van der Waals surface area contributed by atoms with Crippen molar-refractivity contribution in [2.24, 2.45) is 5.92 Å². The molecule has 1 aromatic heterocycles. The lowest BCUT2D eigenvalue weighted by Gasteiger charge is -2.03. The summed E-state index contributed by atoms with van der Waals surface area (Å²) in [6.07, 6.45) is 3.86. The molecule has 13 heavy (non-hydrogen) atoms. The smallest absolute Gasteiger partial charge is 0.128 e. The Morgan fingerprint density at radius 1 is 1.46 bits per heavy atom. The van der Waals surface area contributed by atoms with E-state index < -0.39 is 0 Å². The number of aryl methyl sites for hydroxylation is 1. The first-order valence-corrected chi connectivity index (χ1v) is 5.12. The van der Waals surface area contributed by atoms with Crippen molar-refractivity contribution in [2.75, 3.05) is 0 Å². The van der Waals surface area contributed by atoms with Crippen LogP contribution in [-0.4, -0.2) is 9.97 Å². The maximum Gasteiger partial charge on any atom is 0.128 e. The van der Waals surface area contributed by atoms with Crippen LogP contribution in [-0.2, 0) is 12.3 Å². The average Bonchev–Trinajstić information content (AvgIpc) is 2.15. The van der Waals surface area contributed by atoms with E-state index in [1.54, 1.807) is 6.20 Å². The first-order chi connectivity index (χ1) is 6.22. The second kappa shape index (κ2) is 5.18. The van der Waals surface area contributed by atoms with Crippen LogP contribution in [0.5, 0.6) is 0 Å². The number of hydrogen-bond acceptors (Lipinski definition) is 2. The van der Waals surface area contributed by atoms with Crippen LogP contribution in [0.15, 0.2) is 12.3 Å². The van der Waals surface area contributed by atoms with Gasteiger partial charge in [0.15, 0.2) is 0 Å². The maximum atomic E-state index is 5.67. The fourth-order valence-electron chi connectivity index (χ4n) is 1.05. The van der Waals surface area contributed by atoms with E-state index in [0.717, 1.165) is 24.4 Å². The van der Waals surface area contributed by atoms with Crippen LogP contribution in [0.25, 0.3) is 0 Å². The highest BCUT2D eigenvalue weighted by molar-refractivity contribution is 6.16. The fourth-order valence-corrected chi connectivity index (χ4v) is 1.20. The Morgan fingerprint density at radius 2 is 2.23 bits per heavy atom. The summed E-state index contributed by atoms with van der Waals surface area (Å²) in [5.41, 5.74) is 0.912. The minimum Gasteiger partial charge on any atom is -0.241 e. The van der Waals surface area contributed by atoms with Crippen LogP contribution >= 0.6 is 11.6 Å². The molecule has 0 aliphatic carbocycles. The van der Waals surface area contributed by atoms with Gasteiger partial charge in [-0.2, -0.15) is 0 Å². The fraction of sp³-hybridized carbons (Fsp3) is 0.600. The Balaban J connectivity index is 2.56. The lowest BCUT2D eigenvalue weighted by atomic mass is 10.1. The van der Waals surface area contributed by atoms with Crippen LogP contribution in [0.2, 0.25) is 0 Å². The van der Waals surface area contributed by atoms with Crippen LogP contribution in [0.3, 0.4) is 0 Å². The molecular formula is C10H15ClN2. The molecule has 0 spiro atoms. The van der Waals surface area contributed by atoms with Crippen molar-refractivity contribution >= 4 is 11.6 Å². The van der Waals surface area contributed by atoms with E-state index in [0.29, 0.717) is 11.8 Å². The molecule has 0 aliphatic heterocycles. The molecule has 0 aromatic carbocycles. The predicted molar refractivity (Wildman–Crippen MR) is 54.7 cm³/mol. The van der Waals surface area contributed by atoms with Gasteiger partial charge in [-0.05, 0) is 18.4 Å². The third-order valence-corrected chi connectivity index (χ3v) is 2.12. The summed E-state index contributed by atoms with van der Waals surface area (Å²) < 4.78 is 0. The molecular weight excluding hydrogens is 184 g/mol. The number of hydrogen-bond donors (Lipinski definition) is 0. The van der Waals surface area contributed by atoms with E-state index in [9.17, 15) is 0 Å². The van der Waals surface area contributed by atoms with E-state index in [1.807, 2.05) is 6.07 Å². The van der Waals surface area contributed by atoms with Crippen molar-refractivity contribution in [1.29, 1.82) is 0 Å². The summed E-state index contributed by atoms with van der Waals surface area (Å²) in [5.74, 6) is 2.08. The molecule has 0 aliphatic rings. The molecule has 3 heteroatoms. The summed E-state index contributed by atoms with van der Waals surface area (Å²) in [6.45, 7) is 4.40. The summed E-state index contributed by atoms with van der Waals surface area (Å²) in [5, 5.41) is 0. The number of alkyl halides is 1. The summed E-state index contributed by atoms with van der Waals surface area (Å²) >= 11 is 5.67. The molecule has 0 atom stereocenters. The Morgan fingerprint density at radius 3 is 2.85 bits per heavy atom. The highest BCUT2D eigenvalue weighted by Crippen LogP contribution is 2.06. The molecule has 0 radical (unpaired) electrons. The average molecular weight is 199 g/mol. The van der Waals surface area contributed by atoms with Crippen molar-refractivity contribution in [3.63, 3.8) is 0 Å². The molecule has 0 amide bonds. The van der Waals surface area contributed by atoms with Crippen molar-refractivity contribution < 1.29 is 0 Å². The van der Waals surface area contributed by atoms with Gasteiger partial charge in [-0.3, -0.25) is 0 Å². The second-order valence-electron chi connectivity index (χ2n) is 3.53. The Kier molecular flexibility index (Phi) is 4.16. The second-order valence-corrected chi connectivity index (χ2v) is 3.80. The molecule has 0 saturated carbocycles. The van der Waals surface area contributed by atoms with E-state index in [2.05, 4.69) is 23.8 Å². The minimum absolute atomic E-state index is 0.469. The first-order valence-electron chi connectivity index (χ1n) is 4.59. The summed E-state index contributed by atoms with van der Waals surface area (Å²) in [7, 11) is 0. The Hall–Kier alpha value is -0.630. The summed E-state index contributed by atoms with van der Waals surface area (Å²) in [6, 6.07) is 1.85. The van der Waals surface area contributed by atoms with Crippen LogP contribution in [0, 0.1) is 5.92 Å². The molecule has 1 rings (SSSR count). The molecule has 1 aromatic rings. The van der Waals surface area contributed by atoms with Crippen molar-refractivity contribution in [2.45, 2.75) is 32.6 Å². The van der Waals surface area contributed by atoms with Gasteiger partial charge in [0.05, 0.1) is 11.6 Å². The zero-order valence-corrected chi connectivity index (χ0v) is 8.88. The van der Waals surface area contributed by atoms with Crippen LogP contribution in [0.1, 0.15) is 31.8 Å². The lowest BCUT2D eigenvalue weighted by molar-refractivity contribution is 0.574. The van der Waals surface area contributed by atoms with Crippen LogP contribution in [0.4, 0.5) is 0 Å². The zero-order valence-electron chi connectivity index (χ0n) is 8.13. The predicted octanol–water partition coefficient (Wildman–Crippen LogP) is 2.80. The molecule has 2 nitrogen and oxygen atoms in total. The summed E-state index contributed by atoms with van der Waals surface area (Å²) in [4.78, 5) is 8.51. The third-order valence-electron chi connectivity index (χ3n) is 1.85. The number of halogens is 1. The van der Waals surface area contributed by atoms with Gasteiger partial charge in [0, 0.05) is 12.6 Å². The quantitative estimate of drug-likeness (QED) is 0.696. The van der Waals surface area contributed by atoms with Gasteiger partial charge >= 0.3 is 0 Å². The van der Waals surface area contributed by atoms with Gasteiger partial charge in [0.2, 0.25) is 0 Å².